The molecule has 2 unspecified atom stereocenters. The summed E-state index contributed by atoms with van der Waals surface area (Å²) in [6.07, 6.45) is 0.00309. The lowest BCUT2D eigenvalue weighted by Crippen LogP contribution is -2.46. The Morgan fingerprint density at radius 2 is 1.77 bits per heavy atom. The maximum Gasteiger partial charge on any atom is 0.339 e. The Kier molecular flexibility index (Phi) is 6.92. The molecular weight excluding hydrogens is 402 g/mol. The Morgan fingerprint density at radius 1 is 1.10 bits per heavy atom. The number of rotatable bonds is 7. The molecule has 1 fully saturated rings. The maximum absolute atomic E-state index is 12.9. The molecule has 1 saturated heterocycles. The number of carbonyl (C=O) groups is 2. The summed E-state index contributed by atoms with van der Waals surface area (Å²) in [6.45, 7) is 3.70. The Labute approximate surface area is 177 Å². The highest BCUT2D eigenvalue weighted by Gasteiger charge is 2.36. The summed E-state index contributed by atoms with van der Waals surface area (Å²) in [5, 5.41) is 0. The summed E-state index contributed by atoms with van der Waals surface area (Å²) in [6, 6.07) is 16.6. The fourth-order valence-electron chi connectivity index (χ4n) is 3.81. The zero-order valence-electron chi connectivity index (χ0n) is 17.3. The second-order valence-corrected chi connectivity index (χ2v) is 9.78. The molecule has 0 aromatic heterocycles. The number of carbonyl (C=O) groups excluding carboxylic acids is 2. The van der Waals surface area contributed by atoms with E-state index in [1.54, 1.807) is 19.1 Å². The Balaban J connectivity index is 1.70. The number of nitrogens with zero attached hydrogens (tertiary/aromatic N) is 1. The van der Waals surface area contributed by atoms with Gasteiger partial charge in [0.2, 0.25) is 0 Å². The highest BCUT2D eigenvalue weighted by atomic mass is 32.2. The predicted octanol–water partition coefficient (Wildman–Crippen LogP) is 2.86. The first kappa shape index (κ1) is 22.0. The number of esters is 1. The number of amides is 1. The molecular formula is C23H27NO5S. The van der Waals surface area contributed by atoms with E-state index in [9.17, 15) is 18.0 Å². The average Bonchev–Trinajstić information content (AvgIpc) is 3.09. The minimum Gasteiger partial charge on any atom is -0.449 e. The van der Waals surface area contributed by atoms with Gasteiger partial charge in [0.25, 0.3) is 5.91 Å². The van der Waals surface area contributed by atoms with Crippen LogP contribution in [0.5, 0.6) is 0 Å². The van der Waals surface area contributed by atoms with Crippen LogP contribution in [0.3, 0.4) is 0 Å². The predicted molar refractivity (Wildman–Crippen MR) is 115 cm³/mol. The van der Waals surface area contributed by atoms with E-state index < -0.39 is 21.9 Å². The van der Waals surface area contributed by atoms with Gasteiger partial charge in [-0.25, -0.2) is 13.2 Å². The highest BCUT2D eigenvalue weighted by Crippen LogP contribution is 2.20. The van der Waals surface area contributed by atoms with Crippen molar-refractivity contribution in [3.8, 4) is 0 Å². The summed E-state index contributed by atoms with van der Waals surface area (Å²) < 4.78 is 29.1. The zero-order chi connectivity index (χ0) is 21.7. The van der Waals surface area contributed by atoms with Crippen molar-refractivity contribution in [3.63, 3.8) is 0 Å². The maximum atomic E-state index is 12.9. The first-order valence-corrected chi connectivity index (χ1v) is 12.0. The van der Waals surface area contributed by atoms with Gasteiger partial charge < -0.3 is 9.64 Å². The van der Waals surface area contributed by atoms with Gasteiger partial charge in [0.1, 0.15) is 0 Å². The molecule has 2 aromatic carbocycles. The van der Waals surface area contributed by atoms with E-state index in [-0.39, 0.29) is 23.5 Å². The molecule has 0 spiro atoms. The molecule has 160 valence electrons. The van der Waals surface area contributed by atoms with Crippen molar-refractivity contribution in [1.29, 1.82) is 0 Å². The molecule has 3 rings (SSSR count). The SMILES string of the molecule is CCN(C(=O)C(C)OC(=O)c1ccccc1Cc1ccccc1)C1CCS(=O)(=O)C1. The lowest BCUT2D eigenvalue weighted by Gasteiger charge is -2.29. The van der Waals surface area contributed by atoms with Gasteiger partial charge in [0.05, 0.1) is 17.1 Å². The van der Waals surface area contributed by atoms with Crippen LogP contribution in [0, 0.1) is 0 Å². The number of hydrogen-bond acceptors (Lipinski definition) is 5. The third kappa shape index (κ3) is 5.27. The minimum absolute atomic E-state index is 0.0346. The first-order chi connectivity index (χ1) is 14.3. The van der Waals surface area contributed by atoms with Gasteiger partial charge in [-0.05, 0) is 43.9 Å². The fourth-order valence-corrected chi connectivity index (χ4v) is 5.54. The molecule has 0 saturated carbocycles. The van der Waals surface area contributed by atoms with Crippen LogP contribution in [0.2, 0.25) is 0 Å². The number of hydrogen-bond donors (Lipinski definition) is 0. The average molecular weight is 430 g/mol. The second-order valence-electron chi connectivity index (χ2n) is 7.55. The van der Waals surface area contributed by atoms with Gasteiger partial charge in [-0.3, -0.25) is 4.79 Å². The van der Waals surface area contributed by atoms with E-state index in [4.69, 9.17) is 4.74 Å². The molecule has 0 radical (unpaired) electrons. The smallest absolute Gasteiger partial charge is 0.339 e. The first-order valence-electron chi connectivity index (χ1n) is 10.1. The molecule has 0 bridgehead atoms. The van der Waals surface area contributed by atoms with Crippen LogP contribution >= 0.6 is 0 Å². The van der Waals surface area contributed by atoms with E-state index in [1.165, 1.54) is 11.8 Å². The second kappa shape index (κ2) is 9.43. The number of benzene rings is 2. The zero-order valence-corrected chi connectivity index (χ0v) is 18.1. The van der Waals surface area contributed by atoms with Crippen molar-refractivity contribution >= 4 is 21.7 Å². The normalized spacial score (nSPS) is 18.5. The summed E-state index contributed by atoms with van der Waals surface area (Å²) in [7, 11) is -3.11. The van der Waals surface area contributed by atoms with Gasteiger partial charge >= 0.3 is 5.97 Å². The van der Waals surface area contributed by atoms with Crippen LogP contribution in [0.25, 0.3) is 0 Å². The van der Waals surface area contributed by atoms with Crippen molar-refractivity contribution in [3.05, 3.63) is 71.3 Å². The van der Waals surface area contributed by atoms with Gasteiger partial charge in [0, 0.05) is 12.6 Å². The molecule has 0 N–H and O–H groups in total. The molecule has 1 aliphatic heterocycles. The minimum atomic E-state index is -3.11. The van der Waals surface area contributed by atoms with E-state index in [1.807, 2.05) is 42.5 Å². The Bertz CT molecular complexity index is 1000. The van der Waals surface area contributed by atoms with E-state index in [0.29, 0.717) is 24.9 Å². The van der Waals surface area contributed by atoms with Gasteiger partial charge in [-0.2, -0.15) is 0 Å². The third-order valence-electron chi connectivity index (χ3n) is 5.38. The summed E-state index contributed by atoms with van der Waals surface area (Å²) in [5.74, 6) is -0.874. The van der Waals surface area contributed by atoms with E-state index in [2.05, 4.69) is 0 Å². The molecule has 30 heavy (non-hydrogen) atoms. The Morgan fingerprint density at radius 3 is 2.40 bits per heavy atom. The van der Waals surface area contributed by atoms with Crippen molar-refractivity contribution in [1.82, 2.24) is 4.90 Å². The van der Waals surface area contributed by atoms with Crippen molar-refractivity contribution in [2.75, 3.05) is 18.1 Å². The fraction of sp³-hybridized carbons (Fsp3) is 0.391. The standard InChI is InChI=1S/C23H27NO5S/c1-3-24(20-13-14-30(27,28)16-20)22(25)17(2)29-23(26)21-12-8-7-11-19(21)15-18-9-5-4-6-10-18/h4-12,17,20H,3,13-16H2,1-2H3. The van der Waals surface area contributed by atoms with Crippen LogP contribution in [0.4, 0.5) is 0 Å². The summed E-state index contributed by atoms with van der Waals surface area (Å²) in [5.41, 5.74) is 2.32. The molecule has 6 nitrogen and oxygen atoms in total. The highest BCUT2D eigenvalue weighted by molar-refractivity contribution is 7.91. The van der Waals surface area contributed by atoms with Crippen molar-refractivity contribution < 1.29 is 22.7 Å². The quantitative estimate of drug-likeness (QED) is 0.632. The Hall–Kier alpha value is -2.67. The lowest BCUT2D eigenvalue weighted by molar-refractivity contribution is -0.141. The van der Waals surface area contributed by atoms with Crippen LogP contribution in [-0.2, 0) is 25.8 Å². The van der Waals surface area contributed by atoms with Crippen LogP contribution < -0.4 is 0 Å². The number of likely N-dealkylation sites (N-methyl/N-ethyl adjacent to an activating group) is 1. The van der Waals surface area contributed by atoms with Gasteiger partial charge in [-0.1, -0.05) is 48.5 Å². The van der Waals surface area contributed by atoms with Gasteiger partial charge in [-0.15, -0.1) is 0 Å². The summed E-state index contributed by atoms with van der Waals surface area (Å²) >= 11 is 0. The molecule has 2 aromatic rings. The molecule has 0 aliphatic carbocycles. The molecule has 1 aliphatic rings. The number of sulfone groups is 1. The van der Waals surface area contributed by atoms with Crippen molar-refractivity contribution in [2.45, 2.75) is 38.8 Å². The number of ether oxygens (including phenoxy) is 1. The van der Waals surface area contributed by atoms with Crippen LogP contribution in [-0.4, -0.2) is 55.4 Å². The van der Waals surface area contributed by atoms with Crippen molar-refractivity contribution in [2.24, 2.45) is 0 Å². The molecule has 1 amide bonds. The van der Waals surface area contributed by atoms with Crippen LogP contribution in [0.15, 0.2) is 54.6 Å². The summed E-state index contributed by atoms with van der Waals surface area (Å²) in [4.78, 5) is 27.2. The largest absolute Gasteiger partial charge is 0.449 e. The molecule has 2 atom stereocenters. The third-order valence-corrected chi connectivity index (χ3v) is 7.13. The van der Waals surface area contributed by atoms with E-state index >= 15 is 0 Å². The monoisotopic (exact) mass is 429 g/mol. The van der Waals surface area contributed by atoms with Gasteiger partial charge in [0.15, 0.2) is 15.9 Å². The lowest BCUT2D eigenvalue weighted by atomic mass is 10.00. The molecule has 7 heteroatoms. The van der Waals surface area contributed by atoms with E-state index in [0.717, 1.165) is 11.1 Å². The van der Waals surface area contributed by atoms with Crippen LogP contribution in [0.1, 0.15) is 41.8 Å². The topological polar surface area (TPSA) is 80.8 Å². The molecule has 1 heterocycles.